The SMILES string of the molecule is CC(=O)N[C@@H]1CCN(c2ccc(NC(NC(=O)OC(C)(C)C)NC(=O)OC(C)(C)C)cc2)C1. The maximum atomic E-state index is 12.3. The molecule has 1 atom stereocenters. The summed E-state index contributed by atoms with van der Waals surface area (Å²) in [4.78, 5) is 38.0. The molecule has 1 heterocycles. The second kappa shape index (κ2) is 10.6. The van der Waals surface area contributed by atoms with Gasteiger partial charge in [0.2, 0.25) is 5.91 Å². The molecular weight excluding hydrogens is 426 g/mol. The summed E-state index contributed by atoms with van der Waals surface area (Å²) in [5, 5.41) is 11.2. The highest BCUT2D eigenvalue weighted by molar-refractivity contribution is 5.73. The van der Waals surface area contributed by atoms with Gasteiger partial charge in [-0.2, -0.15) is 0 Å². The van der Waals surface area contributed by atoms with E-state index < -0.39 is 29.7 Å². The second-order valence-electron chi connectivity index (χ2n) is 10.0. The van der Waals surface area contributed by atoms with Crippen molar-refractivity contribution >= 4 is 29.5 Å². The third-order valence-electron chi connectivity index (χ3n) is 4.46. The van der Waals surface area contributed by atoms with E-state index in [2.05, 4.69) is 26.2 Å². The first-order chi connectivity index (χ1) is 15.2. The lowest BCUT2D eigenvalue weighted by Gasteiger charge is -2.27. The average Bonchev–Trinajstić information content (AvgIpc) is 3.06. The molecule has 1 aromatic carbocycles. The van der Waals surface area contributed by atoms with Crippen LogP contribution in [-0.2, 0) is 14.3 Å². The van der Waals surface area contributed by atoms with Gasteiger partial charge in [0.05, 0.1) is 0 Å². The zero-order chi connectivity index (χ0) is 24.8. The summed E-state index contributed by atoms with van der Waals surface area (Å²) in [7, 11) is 0. The van der Waals surface area contributed by atoms with Crippen LogP contribution in [-0.4, -0.2) is 54.7 Å². The Morgan fingerprint density at radius 1 is 0.939 bits per heavy atom. The molecule has 0 spiro atoms. The van der Waals surface area contributed by atoms with E-state index in [0.29, 0.717) is 5.69 Å². The Labute approximate surface area is 195 Å². The minimum absolute atomic E-state index is 0.0255. The number of carbonyl (C=O) groups is 3. The average molecular weight is 464 g/mol. The number of benzene rings is 1. The van der Waals surface area contributed by atoms with Crippen LogP contribution in [0.25, 0.3) is 0 Å². The summed E-state index contributed by atoms with van der Waals surface area (Å²) in [5.41, 5.74) is 0.318. The van der Waals surface area contributed by atoms with Crippen LogP contribution >= 0.6 is 0 Å². The van der Waals surface area contributed by atoms with Crippen molar-refractivity contribution < 1.29 is 23.9 Å². The molecule has 10 heteroatoms. The Kier molecular flexibility index (Phi) is 8.40. The molecule has 33 heavy (non-hydrogen) atoms. The monoisotopic (exact) mass is 463 g/mol. The van der Waals surface area contributed by atoms with Gasteiger partial charge in [-0.15, -0.1) is 0 Å². The molecule has 0 aromatic heterocycles. The fourth-order valence-corrected chi connectivity index (χ4v) is 3.29. The summed E-state index contributed by atoms with van der Waals surface area (Å²) in [6, 6.07) is 7.72. The number of carbonyl (C=O) groups excluding carboxylic acids is 3. The van der Waals surface area contributed by atoms with Crippen molar-refractivity contribution in [3.63, 3.8) is 0 Å². The Morgan fingerprint density at radius 3 is 1.91 bits per heavy atom. The number of alkyl carbamates (subject to hydrolysis) is 2. The summed E-state index contributed by atoms with van der Waals surface area (Å²) in [6.45, 7) is 13.6. The minimum Gasteiger partial charge on any atom is -0.444 e. The molecule has 0 radical (unpaired) electrons. The lowest BCUT2D eigenvalue weighted by atomic mass is 10.2. The van der Waals surface area contributed by atoms with Gasteiger partial charge in [-0.05, 0) is 72.2 Å². The maximum absolute atomic E-state index is 12.3. The van der Waals surface area contributed by atoms with Crippen molar-refractivity contribution in [2.45, 2.75) is 78.4 Å². The Balaban J connectivity index is 2.04. The Morgan fingerprint density at radius 2 is 1.45 bits per heavy atom. The van der Waals surface area contributed by atoms with Crippen LogP contribution in [0.5, 0.6) is 0 Å². The predicted molar refractivity (Wildman–Crippen MR) is 127 cm³/mol. The molecule has 3 amide bonds. The van der Waals surface area contributed by atoms with Crippen LogP contribution in [0.3, 0.4) is 0 Å². The predicted octanol–water partition coefficient (Wildman–Crippen LogP) is 3.15. The molecule has 1 saturated heterocycles. The molecule has 1 fully saturated rings. The van der Waals surface area contributed by atoms with Crippen LogP contribution in [0.15, 0.2) is 24.3 Å². The molecule has 2 rings (SSSR count). The molecule has 0 bridgehead atoms. The lowest BCUT2D eigenvalue weighted by Crippen LogP contribution is -2.54. The van der Waals surface area contributed by atoms with Gasteiger partial charge >= 0.3 is 12.2 Å². The van der Waals surface area contributed by atoms with Crippen LogP contribution in [0.4, 0.5) is 21.0 Å². The Hall–Kier alpha value is -3.17. The fourth-order valence-electron chi connectivity index (χ4n) is 3.29. The van der Waals surface area contributed by atoms with Crippen LogP contribution < -0.4 is 26.2 Å². The van der Waals surface area contributed by atoms with E-state index >= 15 is 0 Å². The normalized spacial score (nSPS) is 16.2. The third-order valence-corrected chi connectivity index (χ3v) is 4.46. The molecule has 10 nitrogen and oxygen atoms in total. The van der Waals surface area contributed by atoms with Gasteiger partial charge in [0.1, 0.15) is 11.2 Å². The first kappa shape index (κ1) is 26.1. The van der Waals surface area contributed by atoms with Gasteiger partial charge in [-0.1, -0.05) is 0 Å². The molecular formula is C23H37N5O5. The standard InChI is InChI=1S/C23H37N5O5/c1-15(29)24-17-12-13-28(14-17)18-10-8-16(9-11-18)25-19(26-20(30)32-22(2,3)4)27-21(31)33-23(5,6)7/h8-11,17,19,25H,12-14H2,1-7H3,(H,24,29)(H,26,30)(H,27,31)/t17-/m1/s1. The van der Waals surface area contributed by atoms with Crippen LogP contribution in [0, 0.1) is 0 Å². The second-order valence-corrected chi connectivity index (χ2v) is 10.0. The highest BCUT2D eigenvalue weighted by Gasteiger charge is 2.25. The highest BCUT2D eigenvalue weighted by Crippen LogP contribution is 2.22. The van der Waals surface area contributed by atoms with Crippen molar-refractivity contribution in [2.75, 3.05) is 23.3 Å². The number of ether oxygens (including phenoxy) is 2. The van der Waals surface area contributed by atoms with Gasteiger partial charge in [0.15, 0.2) is 6.29 Å². The van der Waals surface area contributed by atoms with E-state index in [1.165, 1.54) is 6.92 Å². The topological polar surface area (TPSA) is 121 Å². The molecule has 0 aliphatic carbocycles. The van der Waals surface area contributed by atoms with Gasteiger partial charge < -0.3 is 25.0 Å². The van der Waals surface area contributed by atoms with Crippen molar-refractivity contribution in [3.8, 4) is 0 Å². The summed E-state index contributed by atoms with van der Waals surface area (Å²) >= 11 is 0. The number of hydrogen-bond donors (Lipinski definition) is 4. The van der Waals surface area contributed by atoms with Gasteiger partial charge in [-0.25, -0.2) is 9.59 Å². The number of hydrogen-bond acceptors (Lipinski definition) is 7. The van der Waals surface area contributed by atoms with Crippen molar-refractivity contribution in [2.24, 2.45) is 0 Å². The zero-order valence-electron chi connectivity index (χ0n) is 20.6. The zero-order valence-corrected chi connectivity index (χ0v) is 20.6. The molecule has 1 aromatic rings. The highest BCUT2D eigenvalue weighted by atomic mass is 16.6. The molecule has 4 N–H and O–H groups in total. The largest absolute Gasteiger partial charge is 0.444 e. The molecule has 184 valence electrons. The summed E-state index contributed by atoms with van der Waals surface area (Å²) in [6.07, 6.45) is -1.44. The van der Waals surface area contributed by atoms with Crippen molar-refractivity contribution in [3.05, 3.63) is 24.3 Å². The number of nitrogens with one attached hydrogen (secondary N) is 4. The summed E-state index contributed by atoms with van der Waals surface area (Å²) < 4.78 is 10.6. The fraction of sp³-hybridized carbons (Fsp3) is 0.609. The first-order valence-electron chi connectivity index (χ1n) is 11.1. The quantitative estimate of drug-likeness (QED) is 0.478. The van der Waals surface area contributed by atoms with Gasteiger partial charge in [-0.3, -0.25) is 15.4 Å². The number of rotatable bonds is 6. The van der Waals surface area contributed by atoms with E-state index in [1.807, 2.05) is 24.3 Å². The Bertz CT molecular complexity index is 799. The van der Waals surface area contributed by atoms with Crippen molar-refractivity contribution in [1.82, 2.24) is 16.0 Å². The van der Waals surface area contributed by atoms with E-state index in [4.69, 9.17) is 9.47 Å². The summed E-state index contributed by atoms with van der Waals surface area (Å²) in [5.74, 6) is -0.0255. The lowest BCUT2D eigenvalue weighted by molar-refractivity contribution is -0.119. The van der Waals surface area contributed by atoms with E-state index in [9.17, 15) is 14.4 Å². The van der Waals surface area contributed by atoms with Crippen molar-refractivity contribution in [1.29, 1.82) is 0 Å². The van der Waals surface area contributed by atoms with E-state index in [0.717, 1.165) is 25.2 Å². The molecule has 1 aliphatic rings. The molecule has 1 aliphatic heterocycles. The number of anilines is 2. The maximum Gasteiger partial charge on any atom is 0.410 e. The molecule has 0 saturated carbocycles. The number of nitrogens with zero attached hydrogens (tertiary/aromatic N) is 1. The first-order valence-corrected chi connectivity index (χ1v) is 11.1. The third kappa shape index (κ3) is 9.88. The van der Waals surface area contributed by atoms with Crippen LogP contribution in [0.2, 0.25) is 0 Å². The molecule has 0 unspecified atom stereocenters. The van der Waals surface area contributed by atoms with E-state index in [-0.39, 0.29) is 11.9 Å². The smallest absolute Gasteiger partial charge is 0.410 e. The van der Waals surface area contributed by atoms with E-state index in [1.54, 1.807) is 41.5 Å². The van der Waals surface area contributed by atoms with Gasteiger partial charge in [0.25, 0.3) is 0 Å². The van der Waals surface area contributed by atoms with Crippen LogP contribution in [0.1, 0.15) is 54.9 Å². The van der Waals surface area contributed by atoms with Gasteiger partial charge in [0, 0.05) is 37.4 Å². The number of amides is 3. The minimum atomic E-state index is -0.962.